The van der Waals surface area contributed by atoms with Crippen molar-refractivity contribution < 1.29 is 18.4 Å². The summed E-state index contributed by atoms with van der Waals surface area (Å²) < 4.78 is 26.2. The Kier molecular flexibility index (Phi) is 5.84. The zero-order valence-corrected chi connectivity index (χ0v) is 15.2. The van der Waals surface area contributed by atoms with E-state index in [1.807, 2.05) is 31.2 Å². The van der Waals surface area contributed by atoms with Crippen molar-refractivity contribution in [2.24, 2.45) is 5.92 Å². The number of likely N-dealkylation sites (tertiary alicyclic amines) is 1. The van der Waals surface area contributed by atoms with Crippen LogP contribution in [0.3, 0.4) is 0 Å². The first-order valence-electron chi connectivity index (χ1n) is 9.01. The number of rotatable bonds is 4. The van der Waals surface area contributed by atoms with Crippen LogP contribution >= 0.6 is 0 Å². The van der Waals surface area contributed by atoms with Crippen LogP contribution in [0.4, 0.5) is 14.5 Å². The van der Waals surface area contributed by atoms with E-state index in [9.17, 15) is 18.4 Å². The van der Waals surface area contributed by atoms with Gasteiger partial charge in [-0.15, -0.1) is 0 Å². The Bertz CT molecular complexity index is 846. The molecule has 0 atom stereocenters. The number of amides is 2. The van der Waals surface area contributed by atoms with E-state index in [4.69, 9.17) is 0 Å². The van der Waals surface area contributed by atoms with E-state index in [1.54, 1.807) is 4.90 Å². The topological polar surface area (TPSA) is 49.4 Å². The normalized spacial score (nSPS) is 14.9. The van der Waals surface area contributed by atoms with Gasteiger partial charge in [0.15, 0.2) is 11.6 Å². The number of nitrogens with one attached hydrogen (secondary N) is 1. The van der Waals surface area contributed by atoms with E-state index >= 15 is 0 Å². The third kappa shape index (κ3) is 4.90. The molecule has 0 unspecified atom stereocenters. The highest BCUT2D eigenvalue weighted by atomic mass is 19.2. The molecule has 1 fully saturated rings. The number of carbonyl (C=O) groups is 2. The zero-order valence-electron chi connectivity index (χ0n) is 15.2. The molecule has 2 aromatic rings. The molecule has 27 heavy (non-hydrogen) atoms. The molecule has 0 aliphatic carbocycles. The predicted octanol–water partition coefficient (Wildman–Crippen LogP) is 3.69. The molecule has 0 spiro atoms. The molecule has 2 aromatic carbocycles. The van der Waals surface area contributed by atoms with Crippen molar-refractivity contribution in [1.29, 1.82) is 0 Å². The van der Waals surface area contributed by atoms with Gasteiger partial charge in [0.1, 0.15) is 0 Å². The Labute approximate surface area is 157 Å². The zero-order chi connectivity index (χ0) is 19.4. The smallest absolute Gasteiger partial charge is 0.227 e. The molecule has 1 aliphatic rings. The van der Waals surface area contributed by atoms with Crippen molar-refractivity contribution in [1.82, 2.24) is 4.90 Å². The number of anilines is 1. The largest absolute Gasteiger partial charge is 0.342 e. The van der Waals surface area contributed by atoms with Crippen LogP contribution in [0.2, 0.25) is 0 Å². The summed E-state index contributed by atoms with van der Waals surface area (Å²) in [5, 5.41) is 2.62. The average molecular weight is 372 g/mol. The van der Waals surface area contributed by atoms with Gasteiger partial charge in [-0.3, -0.25) is 9.59 Å². The number of nitrogens with zero attached hydrogens (tertiary/aromatic N) is 1. The molecule has 1 heterocycles. The van der Waals surface area contributed by atoms with Crippen molar-refractivity contribution in [3.8, 4) is 0 Å². The number of piperidine rings is 1. The average Bonchev–Trinajstić information content (AvgIpc) is 2.65. The fourth-order valence-electron chi connectivity index (χ4n) is 3.32. The molecule has 4 nitrogen and oxygen atoms in total. The second-order valence-electron chi connectivity index (χ2n) is 6.94. The Morgan fingerprint density at radius 2 is 1.81 bits per heavy atom. The van der Waals surface area contributed by atoms with Crippen molar-refractivity contribution in [2.75, 3.05) is 18.4 Å². The van der Waals surface area contributed by atoms with E-state index in [1.165, 1.54) is 6.07 Å². The summed E-state index contributed by atoms with van der Waals surface area (Å²) >= 11 is 0. The van der Waals surface area contributed by atoms with Crippen LogP contribution in [0.5, 0.6) is 0 Å². The Hall–Kier alpha value is -2.76. The Morgan fingerprint density at radius 1 is 1.07 bits per heavy atom. The van der Waals surface area contributed by atoms with E-state index in [0.29, 0.717) is 32.4 Å². The van der Waals surface area contributed by atoms with E-state index < -0.39 is 11.6 Å². The second-order valence-corrected chi connectivity index (χ2v) is 6.94. The lowest BCUT2D eigenvalue weighted by atomic mass is 9.95. The number of hydrogen-bond acceptors (Lipinski definition) is 2. The van der Waals surface area contributed by atoms with E-state index in [0.717, 1.165) is 23.3 Å². The molecule has 2 amide bonds. The monoisotopic (exact) mass is 372 g/mol. The Balaban J connectivity index is 1.51. The minimum atomic E-state index is -0.996. The number of carbonyl (C=O) groups excluding carboxylic acids is 2. The van der Waals surface area contributed by atoms with Gasteiger partial charge >= 0.3 is 0 Å². The maximum atomic E-state index is 13.2. The summed E-state index contributed by atoms with van der Waals surface area (Å²) in [5.74, 6) is -2.37. The van der Waals surface area contributed by atoms with Crippen molar-refractivity contribution >= 4 is 17.5 Å². The van der Waals surface area contributed by atoms with Gasteiger partial charge in [-0.1, -0.05) is 29.8 Å². The van der Waals surface area contributed by atoms with Crippen LogP contribution < -0.4 is 5.32 Å². The highest BCUT2D eigenvalue weighted by Gasteiger charge is 2.27. The third-order valence-corrected chi connectivity index (χ3v) is 4.84. The van der Waals surface area contributed by atoms with E-state index in [-0.39, 0.29) is 23.4 Å². The SMILES string of the molecule is Cc1cccc(CC(=O)N2CCC(C(=O)Nc3ccc(F)c(F)c3)CC2)c1. The van der Waals surface area contributed by atoms with Crippen LogP contribution in [0.1, 0.15) is 24.0 Å². The highest BCUT2D eigenvalue weighted by molar-refractivity contribution is 5.92. The maximum Gasteiger partial charge on any atom is 0.227 e. The van der Waals surface area contributed by atoms with Crippen LogP contribution in [0.25, 0.3) is 0 Å². The minimum absolute atomic E-state index is 0.0556. The molecule has 3 rings (SSSR count). The molecule has 0 saturated carbocycles. The fourth-order valence-corrected chi connectivity index (χ4v) is 3.32. The summed E-state index contributed by atoms with van der Waals surface area (Å²) in [6.07, 6.45) is 1.46. The molecule has 0 bridgehead atoms. The van der Waals surface area contributed by atoms with Gasteiger partial charge in [0.05, 0.1) is 6.42 Å². The molecule has 0 radical (unpaired) electrons. The molecule has 142 valence electrons. The van der Waals surface area contributed by atoms with Crippen molar-refractivity contribution in [3.05, 3.63) is 65.2 Å². The van der Waals surface area contributed by atoms with Gasteiger partial charge in [-0.25, -0.2) is 8.78 Å². The van der Waals surface area contributed by atoms with Crippen LogP contribution in [0, 0.1) is 24.5 Å². The van der Waals surface area contributed by atoms with Crippen LogP contribution in [0.15, 0.2) is 42.5 Å². The molecule has 0 aromatic heterocycles. The fraction of sp³-hybridized carbons (Fsp3) is 0.333. The summed E-state index contributed by atoms with van der Waals surface area (Å²) in [6.45, 7) is 3.02. The molecule has 1 saturated heterocycles. The van der Waals surface area contributed by atoms with Gasteiger partial charge in [0.25, 0.3) is 0 Å². The van der Waals surface area contributed by atoms with Crippen molar-refractivity contribution in [3.63, 3.8) is 0 Å². The first kappa shape index (κ1) is 19.0. The summed E-state index contributed by atoms with van der Waals surface area (Å²) in [6, 6.07) is 11.1. The third-order valence-electron chi connectivity index (χ3n) is 4.84. The lowest BCUT2D eigenvalue weighted by molar-refractivity contribution is -0.133. The first-order chi connectivity index (χ1) is 12.9. The second kappa shape index (κ2) is 8.29. The minimum Gasteiger partial charge on any atom is -0.342 e. The number of benzene rings is 2. The van der Waals surface area contributed by atoms with Gasteiger partial charge in [0, 0.05) is 30.8 Å². The Morgan fingerprint density at radius 3 is 2.48 bits per heavy atom. The summed E-state index contributed by atoms with van der Waals surface area (Å²) in [5.41, 5.74) is 2.34. The lowest BCUT2D eigenvalue weighted by Gasteiger charge is -2.31. The predicted molar refractivity (Wildman–Crippen MR) is 99.2 cm³/mol. The molecule has 1 aliphatic heterocycles. The first-order valence-corrected chi connectivity index (χ1v) is 9.01. The standard InChI is InChI=1S/C21H22F2N2O2/c1-14-3-2-4-15(11-14)12-20(26)25-9-7-16(8-10-25)21(27)24-17-5-6-18(22)19(23)13-17/h2-6,11,13,16H,7-10,12H2,1H3,(H,24,27). The van der Waals surface area contributed by atoms with Gasteiger partial charge in [-0.05, 0) is 37.5 Å². The van der Waals surface area contributed by atoms with Crippen LogP contribution in [-0.2, 0) is 16.0 Å². The summed E-state index contributed by atoms with van der Waals surface area (Å²) in [7, 11) is 0. The maximum absolute atomic E-state index is 13.2. The number of aryl methyl sites for hydroxylation is 1. The van der Waals surface area contributed by atoms with Gasteiger partial charge in [-0.2, -0.15) is 0 Å². The quantitative estimate of drug-likeness (QED) is 0.890. The van der Waals surface area contributed by atoms with Gasteiger partial charge in [0.2, 0.25) is 11.8 Å². The molecular weight excluding hydrogens is 350 g/mol. The molecular formula is C21H22F2N2O2. The van der Waals surface area contributed by atoms with Crippen LogP contribution in [-0.4, -0.2) is 29.8 Å². The van der Waals surface area contributed by atoms with Gasteiger partial charge < -0.3 is 10.2 Å². The number of hydrogen-bond donors (Lipinski definition) is 1. The van der Waals surface area contributed by atoms with Crippen molar-refractivity contribution in [2.45, 2.75) is 26.2 Å². The lowest BCUT2D eigenvalue weighted by Crippen LogP contribution is -2.42. The highest BCUT2D eigenvalue weighted by Crippen LogP contribution is 2.21. The number of halogens is 2. The summed E-state index contributed by atoms with van der Waals surface area (Å²) in [4.78, 5) is 26.6. The molecule has 1 N–H and O–H groups in total. The van der Waals surface area contributed by atoms with E-state index in [2.05, 4.69) is 5.32 Å². The molecule has 6 heteroatoms.